The third kappa shape index (κ3) is 2.89. The molecule has 0 saturated carbocycles. The van der Waals surface area contributed by atoms with Crippen LogP contribution in [0.15, 0.2) is 36.5 Å². The lowest BCUT2D eigenvalue weighted by molar-refractivity contribution is 0.299. The largest absolute Gasteiger partial charge is 0.316 e. The predicted octanol–water partition coefficient (Wildman–Crippen LogP) is 2.08. The van der Waals surface area contributed by atoms with Gasteiger partial charge in [-0.1, -0.05) is 0 Å². The molecule has 4 rings (SSSR count). The number of fused-ring (bicyclic) bond motifs is 1. The summed E-state index contributed by atoms with van der Waals surface area (Å²) in [4.78, 5) is 2.51. The Kier molecular flexibility index (Phi) is 4.47. The minimum absolute atomic E-state index is 0. The molecule has 0 bridgehead atoms. The van der Waals surface area contributed by atoms with E-state index >= 15 is 0 Å². The first kappa shape index (κ1) is 15.5. The molecule has 2 aliphatic heterocycles. The maximum atomic E-state index is 13.0. The van der Waals surface area contributed by atoms with E-state index in [0.717, 1.165) is 55.9 Å². The average Bonchev–Trinajstić information content (AvgIpc) is 3.16. The van der Waals surface area contributed by atoms with Gasteiger partial charge in [-0.3, -0.25) is 4.90 Å². The number of likely N-dealkylation sites (tertiary alicyclic amines) is 1. The fraction of sp³-hybridized carbons (Fsp3) is 0.438. The van der Waals surface area contributed by atoms with Gasteiger partial charge in [-0.25, -0.2) is 9.07 Å². The van der Waals surface area contributed by atoms with Gasteiger partial charge in [0.1, 0.15) is 5.82 Å². The van der Waals surface area contributed by atoms with E-state index in [1.54, 1.807) is 12.1 Å². The highest BCUT2D eigenvalue weighted by atomic mass is 35.5. The molecule has 22 heavy (non-hydrogen) atoms. The van der Waals surface area contributed by atoms with Crippen molar-refractivity contribution in [1.29, 1.82) is 0 Å². The Bertz CT molecular complexity index is 615. The second-order valence-electron chi connectivity index (χ2n) is 6.08. The van der Waals surface area contributed by atoms with E-state index in [0.29, 0.717) is 0 Å². The number of nitrogens with zero attached hydrogens (tertiary/aromatic N) is 3. The molecule has 118 valence electrons. The minimum Gasteiger partial charge on any atom is -0.316 e. The number of benzene rings is 1. The van der Waals surface area contributed by atoms with Gasteiger partial charge in [0.15, 0.2) is 0 Å². The normalized spacial score (nSPS) is 24.2. The lowest BCUT2D eigenvalue weighted by Gasteiger charge is -2.17. The van der Waals surface area contributed by atoms with Gasteiger partial charge in [-0.15, -0.1) is 12.4 Å². The maximum Gasteiger partial charge on any atom is 0.123 e. The first-order valence-corrected chi connectivity index (χ1v) is 7.51. The summed E-state index contributed by atoms with van der Waals surface area (Å²) in [7, 11) is 0. The molecule has 0 amide bonds. The van der Waals surface area contributed by atoms with Gasteiger partial charge in [-0.2, -0.15) is 5.10 Å². The highest BCUT2D eigenvalue weighted by molar-refractivity contribution is 5.85. The van der Waals surface area contributed by atoms with Crippen LogP contribution in [0.2, 0.25) is 0 Å². The number of halogens is 2. The predicted molar refractivity (Wildman–Crippen MR) is 85.9 cm³/mol. The zero-order valence-corrected chi connectivity index (χ0v) is 13.1. The summed E-state index contributed by atoms with van der Waals surface area (Å²) < 4.78 is 15.0. The van der Waals surface area contributed by atoms with Gasteiger partial charge in [0.05, 0.1) is 11.4 Å². The van der Waals surface area contributed by atoms with Crippen molar-refractivity contribution in [1.82, 2.24) is 20.0 Å². The number of hydrogen-bond donors (Lipinski definition) is 1. The summed E-state index contributed by atoms with van der Waals surface area (Å²) in [6.45, 7) is 5.53. The molecule has 2 aromatic rings. The van der Waals surface area contributed by atoms with Crippen LogP contribution in [-0.2, 0) is 6.54 Å². The Balaban J connectivity index is 0.00000144. The van der Waals surface area contributed by atoms with Crippen molar-refractivity contribution in [2.75, 3.05) is 26.2 Å². The topological polar surface area (TPSA) is 33.1 Å². The van der Waals surface area contributed by atoms with E-state index in [2.05, 4.69) is 21.4 Å². The van der Waals surface area contributed by atoms with Crippen LogP contribution in [0.4, 0.5) is 4.39 Å². The second-order valence-corrected chi connectivity index (χ2v) is 6.08. The van der Waals surface area contributed by atoms with E-state index in [1.807, 2.05) is 10.9 Å². The fourth-order valence-corrected chi connectivity index (χ4v) is 3.58. The minimum atomic E-state index is -0.215. The summed E-state index contributed by atoms with van der Waals surface area (Å²) in [5.74, 6) is 1.38. The molecule has 1 aromatic carbocycles. The fourth-order valence-electron chi connectivity index (χ4n) is 3.58. The molecular weight excluding hydrogens is 303 g/mol. The van der Waals surface area contributed by atoms with E-state index < -0.39 is 0 Å². The summed E-state index contributed by atoms with van der Waals surface area (Å²) in [5, 5.41) is 7.85. The number of aromatic nitrogens is 2. The van der Waals surface area contributed by atoms with Crippen molar-refractivity contribution in [3.63, 3.8) is 0 Å². The van der Waals surface area contributed by atoms with Crippen molar-refractivity contribution in [3.8, 4) is 5.69 Å². The highest BCUT2D eigenvalue weighted by Gasteiger charge is 2.36. The first-order chi connectivity index (χ1) is 10.3. The quantitative estimate of drug-likeness (QED) is 0.939. The average molecular weight is 323 g/mol. The summed E-state index contributed by atoms with van der Waals surface area (Å²) in [6, 6.07) is 8.55. The molecule has 0 spiro atoms. The second kappa shape index (κ2) is 6.36. The van der Waals surface area contributed by atoms with Crippen LogP contribution in [0, 0.1) is 17.7 Å². The van der Waals surface area contributed by atoms with Gasteiger partial charge >= 0.3 is 0 Å². The first-order valence-electron chi connectivity index (χ1n) is 7.51. The maximum absolute atomic E-state index is 13.0. The third-order valence-electron chi connectivity index (χ3n) is 4.64. The standard InChI is InChI=1S/C16H19FN4.ClH/c17-14-1-3-15(4-2-14)21-16(5-6-19-21)11-20-9-12-7-18-8-13(12)10-20;/h1-6,12-13,18H,7-11H2;1H/t12-,13+;. The van der Waals surface area contributed by atoms with E-state index in [1.165, 1.54) is 12.1 Å². The van der Waals surface area contributed by atoms with Crippen LogP contribution < -0.4 is 5.32 Å². The van der Waals surface area contributed by atoms with Gasteiger partial charge in [0, 0.05) is 25.8 Å². The molecule has 3 heterocycles. The summed E-state index contributed by atoms with van der Waals surface area (Å²) in [5.41, 5.74) is 2.08. The lowest BCUT2D eigenvalue weighted by atomic mass is 10.0. The molecule has 2 atom stereocenters. The SMILES string of the molecule is Cl.Fc1ccc(-n2nccc2CN2C[C@H]3CNC[C@H]3C2)cc1. The summed E-state index contributed by atoms with van der Waals surface area (Å²) >= 11 is 0. The van der Waals surface area contributed by atoms with E-state index in [4.69, 9.17) is 0 Å². The molecule has 0 unspecified atom stereocenters. The number of rotatable bonds is 3. The molecule has 4 nitrogen and oxygen atoms in total. The number of hydrogen-bond acceptors (Lipinski definition) is 3. The van der Waals surface area contributed by atoms with Crippen LogP contribution in [0.25, 0.3) is 5.69 Å². The Hall–Kier alpha value is -1.43. The van der Waals surface area contributed by atoms with Crippen molar-refractivity contribution < 1.29 is 4.39 Å². The molecule has 2 saturated heterocycles. The zero-order chi connectivity index (χ0) is 14.2. The molecular formula is C16H20ClFN4. The van der Waals surface area contributed by atoms with Crippen LogP contribution in [0.1, 0.15) is 5.69 Å². The van der Waals surface area contributed by atoms with E-state index in [9.17, 15) is 4.39 Å². The third-order valence-corrected chi connectivity index (χ3v) is 4.64. The smallest absolute Gasteiger partial charge is 0.123 e. The van der Waals surface area contributed by atoms with Gasteiger partial charge in [-0.05, 0) is 55.3 Å². The van der Waals surface area contributed by atoms with Crippen molar-refractivity contribution >= 4 is 12.4 Å². The van der Waals surface area contributed by atoms with Gasteiger partial charge < -0.3 is 5.32 Å². The van der Waals surface area contributed by atoms with Crippen LogP contribution >= 0.6 is 12.4 Å². The molecule has 2 fully saturated rings. The summed E-state index contributed by atoms with van der Waals surface area (Å²) in [6.07, 6.45) is 1.82. The van der Waals surface area contributed by atoms with Crippen molar-refractivity contribution in [3.05, 3.63) is 48.0 Å². The van der Waals surface area contributed by atoms with Crippen LogP contribution in [0.5, 0.6) is 0 Å². The van der Waals surface area contributed by atoms with E-state index in [-0.39, 0.29) is 18.2 Å². The Morgan fingerprint density at radius 2 is 1.77 bits per heavy atom. The van der Waals surface area contributed by atoms with Crippen LogP contribution in [-0.4, -0.2) is 40.9 Å². The monoisotopic (exact) mass is 322 g/mol. The Morgan fingerprint density at radius 3 is 2.45 bits per heavy atom. The molecule has 0 radical (unpaired) electrons. The van der Waals surface area contributed by atoms with Gasteiger partial charge in [0.25, 0.3) is 0 Å². The zero-order valence-electron chi connectivity index (χ0n) is 12.3. The lowest BCUT2D eigenvalue weighted by Crippen LogP contribution is -2.26. The van der Waals surface area contributed by atoms with Crippen molar-refractivity contribution in [2.45, 2.75) is 6.54 Å². The van der Waals surface area contributed by atoms with Crippen molar-refractivity contribution in [2.24, 2.45) is 11.8 Å². The highest BCUT2D eigenvalue weighted by Crippen LogP contribution is 2.27. The Labute approximate surface area is 135 Å². The van der Waals surface area contributed by atoms with Gasteiger partial charge in [0.2, 0.25) is 0 Å². The molecule has 2 aliphatic rings. The molecule has 6 heteroatoms. The molecule has 1 aromatic heterocycles. The molecule has 0 aliphatic carbocycles. The molecule has 1 N–H and O–H groups in total. The Morgan fingerprint density at radius 1 is 1.09 bits per heavy atom. The number of nitrogens with one attached hydrogen (secondary N) is 1. The van der Waals surface area contributed by atoms with Crippen LogP contribution in [0.3, 0.4) is 0 Å².